The van der Waals surface area contributed by atoms with Crippen molar-refractivity contribution in [1.29, 1.82) is 0 Å². The molecule has 0 aliphatic carbocycles. The van der Waals surface area contributed by atoms with Gasteiger partial charge < -0.3 is 10.3 Å². The van der Waals surface area contributed by atoms with Gasteiger partial charge in [-0.15, -0.1) is 0 Å². The van der Waals surface area contributed by atoms with Gasteiger partial charge in [0.15, 0.2) is 0 Å². The zero-order valence-corrected chi connectivity index (χ0v) is 9.04. The molecule has 1 atom stereocenters. The average molecular weight is 221 g/mol. The number of nitrogens with one attached hydrogen (secondary N) is 2. The Hall–Kier alpha value is -1.75. The van der Waals surface area contributed by atoms with Gasteiger partial charge in [0, 0.05) is 17.1 Å². The van der Waals surface area contributed by atoms with Crippen molar-refractivity contribution < 1.29 is 4.39 Å². The van der Waals surface area contributed by atoms with Crippen molar-refractivity contribution >= 4 is 10.9 Å². The second kappa shape index (κ2) is 4.02. The van der Waals surface area contributed by atoms with E-state index in [4.69, 9.17) is 0 Å². The molecule has 2 N–H and O–H groups in total. The summed E-state index contributed by atoms with van der Waals surface area (Å²) in [7, 11) is 1.77. The van der Waals surface area contributed by atoms with E-state index in [1.54, 1.807) is 7.05 Å². The lowest BCUT2D eigenvalue weighted by Crippen LogP contribution is -2.20. The van der Waals surface area contributed by atoms with E-state index >= 15 is 0 Å². The number of nitrogens with zero attached hydrogens (tertiary/aromatic N) is 1. The lowest BCUT2D eigenvalue weighted by Gasteiger charge is -2.12. The van der Waals surface area contributed by atoms with Crippen LogP contribution in [0.5, 0.6) is 0 Å². The molecular weight excluding hydrogens is 209 g/mol. The Balaban J connectivity index is 2.79. The summed E-state index contributed by atoms with van der Waals surface area (Å²) >= 11 is 0. The second-order valence-electron chi connectivity index (χ2n) is 3.63. The number of hydrogen-bond donors (Lipinski definition) is 2. The highest BCUT2D eigenvalue weighted by Gasteiger charge is 2.10. The molecule has 0 aliphatic heterocycles. The summed E-state index contributed by atoms with van der Waals surface area (Å²) in [5, 5.41) is 3.63. The van der Waals surface area contributed by atoms with Crippen LogP contribution in [-0.2, 0) is 0 Å². The molecule has 0 saturated heterocycles. The predicted molar refractivity (Wildman–Crippen MR) is 59.8 cm³/mol. The number of H-pyrrole nitrogens is 1. The fourth-order valence-corrected chi connectivity index (χ4v) is 1.63. The van der Waals surface area contributed by atoms with Gasteiger partial charge in [0.1, 0.15) is 5.82 Å². The topological polar surface area (TPSA) is 57.8 Å². The van der Waals surface area contributed by atoms with Gasteiger partial charge in [-0.2, -0.15) is 4.98 Å². The molecule has 0 spiro atoms. The van der Waals surface area contributed by atoms with E-state index in [0.29, 0.717) is 16.6 Å². The summed E-state index contributed by atoms with van der Waals surface area (Å²) in [4.78, 5) is 17.7. The molecule has 5 heteroatoms. The Morgan fingerprint density at radius 2 is 2.25 bits per heavy atom. The Bertz CT molecular complexity index is 579. The van der Waals surface area contributed by atoms with Crippen LogP contribution in [0.25, 0.3) is 10.9 Å². The molecular formula is C11H12FN3O. The van der Waals surface area contributed by atoms with Crippen LogP contribution in [0.4, 0.5) is 4.39 Å². The van der Waals surface area contributed by atoms with Crippen LogP contribution in [-0.4, -0.2) is 17.0 Å². The zero-order chi connectivity index (χ0) is 11.7. The maximum absolute atomic E-state index is 13.1. The highest BCUT2D eigenvalue weighted by Crippen LogP contribution is 2.19. The quantitative estimate of drug-likeness (QED) is 0.804. The number of fused-ring (bicyclic) bond motifs is 1. The molecule has 0 bridgehead atoms. The van der Waals surface area contributed by atoms with Gasteiger partial charge in [-0.3, -0.25) is 0 Å². The van der Waals surface area contributed by atoms with Gasteiger partial charge in [0.25, 0.3) is 0 Å². The number of aromatic amines is 1. The monoisotopic (exact) mass is 221 g/mol. The summed E-state index contributed by atoms with van der Waals surface area (Å²) in [5.74, 6) is -0.342. The number of hydrogen-bond acceptors (Lipinski definition) is 3. The van der Waals surface area contributed by atoms with Crippen molar-refractivity contribution in [3.8, 4) is 0 Å². The Morgan fingerprint density at radius 3 is 2.94 bits per heavy atom. The molecule has 16 heavy (non-hydrogen) atoms. The van der Waals surface area contributed by atoms with Crippen molar-refractivity contribution in [2.24, 2.45) is 0 Å². The average Bonchev–Trinajstić information content (AvgIpc) is 2.27. The van der Waals surface area contributed by atoms with Gasteiger partial charge >= 0.3 is 5.69 Å². The highest BCUT2D eigenvalue weighted by atomic mass is 19.1. The first kappa shape index (κ1) is 10.8. The molecule has 0 aliphatic rings. The van der Waals surface area contributed by atoms with Crippen LogP contribution in [0.15, 0.2) is 23.0 Å². The van der Waals surface area contributed by atoms with Crippen LogP contribution in [0, 0.1) is 5.82 Å². The third kappa shape index (κ3) is 1.81. The van der Waals surface area contributed by atoms with Gasteiger partial charge in [0.05, 0.1) is 5.52 Å². The minimum Gasteiger partial charge on any atom is -0.312 e. The minimum absolute atomic E-state index is 0.0694. The molecule has 84 valence electrons. The van der Waals surface area contributed by atoms with Crippen molar-refractivity contribution in [3.05, 3.63) is 40.2 Å². The predicted octanol–water partition coefficient (Wildman–Crippen LogP) is 1.34. The van der Waals surface area contributed by atoms with Crippen LogP contribution in [0.3, 0.4) is 0 Å². The minimum atomic E-state index is -0.420. The normalized spacial score (nSPS) is 12.9. The van der Waals surface area contributed by atoms with E-state index < -0.39 is 5.69 Å². The van der Waals surface area contributed by atoms with Crippen molar-refractivity contribution in [1.82, 2.24) is 15.3 Å². The molecule has 0 saturated carbocycles. The van der Waals surface area contributed by atoms with E-state index in [0.717, 1.165) is 0 Å². The summed E-state index contributed by atoms with van der Waals surface area (Å²) in [5.41, 5.74) is 0.732. The largest absolute Gasteiger partial charge is 0.345 e. The third-order valence-electron chi connectivity index (χ3n) is 2.58. The van der Waals surface area contributed by atoms with Crippen LogP contribution in [0.1, 0.15) is 18.7 Å². The fourth-order valence-electron chi connectivity index (χ4n) is 1.63. The van der Waals surface area contributed by atoms with Gasteiger partial charge in [-0.25, -0.2) is 9.18 Å². The maximum atomic E-state index is 13.1. The molecule has 1 unspecified atom stereocenters. The molecule has 1 aromatic heterocycles. The van der Waals surface area contributed by atoms with Crippen LogP contribution < -0.4 is 11.0 Å². The van der Waals surface area contributed by atoms with Gasteiger partial charge in [0.2, 0.25) is 0 Å². The molecule has 4 nitrogen and oxygen atoms in total. The van der Waals surface area contributed by atoms with Crippen LogP contribution >= 0.6 is 0 Å². The van der Waals surface area contributed by atoms with Crippen molar-refractivity contribution in [3.63, 3.8) is 0 Å². The third-order valence-corrected chi connectivity index (χ3v) is 2.58. The molecule has 2 aromatic rings. The molecule has 2 rings (SSSR count). The summed E-state index contributed by atoms with van der Waals surface area (Å²) in [6.07, 6.45) is 0. The summed E-state index contributed by atoms with van der Waals surface area (Å²) in [6, 6.07) is 4.11. The highest BCUT2D eigenvalue weighted by molar-refractivity contribution is 5.81. The number of rotatable bonds is 2. The number of aromatic nitrogens is 2. The maximum Gasteiger partial charge on any atom is 0.345 e. The van der Waals surface area contributed by atoms with Crippen molar-refractivity contribution in [2.45, 2.75) is 13.0 Å². The van der Waals surface area contributed by atoms with E-state index in [1.807, 2.05) is 6.92 Å². The lowest BCUT2D eigenvalue weighted by molar-refractivity contribution is 0.623. The number of halogens is 1. The Kier molecular flexibility index (Phi) is 2.70. The SMILES string of the molecule is CNC(C)c1[nH]c(=O)nc2ccc(F)cc12. The lowest BCUT2D eigenvalue weighted by atomic mass is 10.1. The Labute approximate surface area is 91.5 Å². The van der Waals surface area contributed by atoms with Gasteiger partial charge in [-0.1, -0.05) is 0 Å². The smallest absolute Gasteiger partial charge is 0.312 e. The summed E-state index contributed by atoms with van der Waals surface area (Å²) in [6.45, 7) is 1.88. The fraction of sp³-hybridized carbons (Fsp3) is 0.273. The first-order chi connectivity index (χ1) is 7.61. The van der Waals surface area contributed by atoms with E-state index in [2.05, 4.69) is 15.3 Å². The van der Waals surface area contributed by atoms with Crippen molar-refractivity contribution in [2.75, 3.05) is 7.05 Å². The zero-order valence-electron chi connectivity index (χ0n) is 9.04. The second-order valence-corrected chi connectivity index (χ2v) is 3.63. The van der Waals surface area contributed by atoms with E-state index in [1.165, 1.54) is 18.2 Å². The van der Waals surface area contributed by atoms with Gasteiger partial charge in [-0.05, 0) is 32.2 Å². The molecule has 1 heterocycles. The standard InChI is InChI=1S/C11H12FN3O/c1-6(13-2)10-8-5-7(12)3-4-9(8)14-11(16)15-10/h3-6,13H,1-2H3,(H,14,15,16). The number of benzene rings is 1. The Morgan fingerprint density at radius 1 is 1.50 bits per heavy atom. The molecule has 0 fully saturated rings. The molecule has 0 radical (unpaired) electrons. The van der Waals surface area contributed by atoms with E-state index in [-0.39, 0.29) is 11.9 Å². The first-order valence-corrected chi connectivity index (χ1v) is 4.98. The molecule has 0 amide bonds. The summed E-state index contributed by atoms with van der Waals surface area (Å²) < 4.78 is 13.1. The molecule has 1 aromatic carbocycles. The first-order valence-electron chi connectivity index (χ1n) is 4.98. The van der Waals surface area contributed by atoms with Crippen LogP contribution in [0.2, 0.25) is 0 Å². The van der Waals surface area contributed by atoms with E-state index in [9.17, 15) is 9.18 Å².